The number of piperazine rings is 1. The maximum absolute atomic E-state index is 13.8. The predicted molar refractivity (Wildman–Crippen MR) is 92.1 cm³/mol. The van der Waals surface area contributed by atoms with Crippen LogP contribution in [0.3, 0.4) is 0 Å². The summed E-state index contributed by atoms with van der Waals surface area (Å²) in [5.41, 5.74) is 0.634. The second-order valence-electron chi connectivity index (χ2n) is 6.50. The normalized spacial score (nSPS) is 15.3. The van der Waals surface area contributed by atoms with Crippen molar-refractivity contribution in [3.63, 3.8) is 0 Å². The van der Waals surface area contributed by atoms with Crippen molar-refractivity contribution >= 4 is 11.6 Å². The largest absolute Gasteiger partial charge is 0.366 e. The molecule has 0 radical (unpaired) electrons. The molecule has 2 rings (SSSR count). The molecule has 1 saturated heterocycles. The quantitative estimate of drug-likeness (QED) is 0.784. The van der Waals surface area contributed by atoms with Crippen LogP contribution in [0, 0.1) is 11.7 Å². The molecule has 0 saturated carbocycles. The molecular weight excluding hydrogens is 293 g/mol. The van der Waals surface area contributed by atoms with Crippen LogP contribution in [-0.4, -0.2) is 50.1 Å². The fourth-order valence-electron chi connectivity index (χ4n) is 2.77. The van der Waals surface area contributed by atoms with Gasteiger partial charge in [0, 0.05) is 39.1 Å². The summed E-state index contributed by atoms with van der Waals surface area (Å²) in [5.74, 6) is 0.682. The molecule has 1 fully saturated rings. The number of nitrogens with zero attached hydrogens (tertiary/aromatic N) is 2. The molecule has 1 aromatic carbocycles. The minimum absolute atomic E-state index is 0.190. The van der Waals surface area contributed by atoms with Gasteiger partial charge in [0.15, 0.2) is 0 Å². The summed E-state index contributed by atoms with van der Waals surface area (Å²) < 4.78 is 13.8. The molecule has 1 heterocycles. The van der Waals surface area contributed by atoms with Crippen molar-refractivity contribution in [1.29, 1.82) is 0 Å². The van der Waals surface area contributed by atoms with Gasteiger partial charge in [0.25, 0.3) is 0 Å². The van der Waals surface area contributed by atoms with E-state index in [-0.39, 0.29) is 11.7 Å². The minimum Gasteiger partial charge on any atom is -0.366 e. The van der Waals surface area contributed by atoms with Gasteiger partial charge in [-0.15, -0.1) is 0 Å². The highest BCUT2D eigenvalue weighted by molar-refractivity contribution is 5.76. The van der Waals surface area contributed by atoms with Crippen molar-refractivity contribution in [3.8, 4) is 0 Å². The van der Waals surface area contributed by atoms with Crippen LogP contribution in [0.1, 0.15) is 26.7 Å². The first-order valence-electron chi connectivity index (χ1n) is 8.56. The Balaban J connectivity index is 1.70. The third-order valence-electron chi connectivity index (χ3n) is 4.24. The zero-order chi connectivity index (χ0) is 16.7. The van der Waals surface area contributed by atoms with E-state index in [1.165, 1.54) is 6.07 Å². The standard InChI is InChI=1S/C18H28FN3O/c1-15(2)7-9-20-10-8-18(23)22-13-11-21(12-14-22)17-6-4-3-5-16(17)19/h3-6,15,20H,7-14H2,1-2H3. The third kappa shape index (κ3) is 5.50. The maximum Gasteiger partial charge on any atom is 0.223 e. The highest BCUT2D eigenvalue weighted by Crippen LogP contribution is 2.20. The molecule has 1 aliphatic heterocycles. The lowest BCUT2D eigenvalue weighted by molar-refractivity contribution is -0.131. The number of hydrogen-bond acceptors (Lipinski definition) is 3. The average molecular weight is 321 g/mol. The van der Waals surface area contributed by atoms with E-state index in [0.717, 1.165) is 19.5 Å². The van der Waals surface area contributed by atoms with Gasteiger partial charge >= 0.3 is 0 Å². The summed E-state index contributed by atoms with van der Waals surface area (Å²) in [4.78, 5) is 16.1. The van der Waals surface area contributed by atoms with Gasteiger partial charge in [-0.3, -0.25) is 4.79 Å². The van der Waals surface area contributed by atoms with E-state index in [2.05, 4.69) is 19.2 Å². The summed E-state index contributed by atoms with van der Waals surface area (Å²) in [5, 5.41) is 3.32. The van der Waals surface area contributed by atoms with Crippen molar-refractivity contribution < 1.29 is 9.18 Å². The van der Waals surface area contributed by atoms with Crippen LogP contribution >= 0.6 is 0 Å². The van der Waals surface area contributed by atoms with Crippen LogP contribution in [0.2, 0.25) is 0 Å². The van der Waals surface area contributed by atoms with Gasteiger partial charge in [0.1, 0.15) is 5.82 Å². The lowest BCUT2D eigenvalue weighted by Gasteiger charge is -2.36. The van der Waals surface area contributed by atoms with Crippen LogP contribution in [0.4, 0.5) is 10.1 Å². The van der Waals surface area contributed by atoms with Gasteiger partial charge in [-0.2, -0.15) is 0 Å². The second kappa shape index (κ2) is 8.87. The Bertz CT molecular complexity index is 499. The molecule has 0 aromatic heterocycles. The van der Waals surface area contributed by atoms with Crippen molar-refractivity contribution in [2.45, 2.75) is 26.7 Å². The van der Waals surface area contributed by atoms with E-state index in [1.54, 1.807) is 12.1 Å². The lowest BCUT2D eigenvalue weighted by atomic mass is 10.1. The molecule has 23 heavy (non-hydrogen) atoms. The van der Waals surface area contributed by atoms with E-state index in [4.69, 9.17) is 0 Å². The number of benzene rings is 1. The maximum atomic E-state index is 13.8. The Morgan fingerprint density at radius 1 is 1.17 bits per heavy atom. The second-order valence-corrected chi connectivity index (χ2v) is 6.50. The van der Waals surface area contributed by atoms with Gasteiger partial charge in [-0.05, 0) is 31.0 Å². The summed E-state index contributed by atoms with van der Waals surface area (Å²) in [6.07, 6.45) is 1.67. The van der Waals surface area contributed by atoms with E-state index >= 15 is 0 Å². The molecule has 0 bridgehead atoms. The molecule has 0 unspecified atom stereocenters. The Labute approximate surface area is 138 Å². The molecule has 5 heteroatoms. The van der Waals surface area contributed by atoms with Crippen molar-refractivity contribution in [2.75, 3.05) is 44.2 Å². The predicted octanol–water partition coefficient (Wildman–Crippen LogP) is 2.50. The number of anilines is 1. The Morgan fingerprint density at radius 2 is 1.87 bits per heavy atom. The number of hydrogen-bond donors (Lipinski definition) is 1. The fraction of sp³-hybridized carbons (Fsp3) is 0.611. The molecule has 1 aromatic rings. The molecule has 4 nitrogen and oxygen atoms in total. The molecular formula is C18H28FN3O. The monoisotopic (exact) mass is 321 g/mol. The van der Waals surface area contributed by atoms with E-state index < -0.39 is 0 Å². The van der Waals surface area contributed by atoms with Gasteiger partial charge in [-0.25, -0.2) is 4.39 Å². The lowest BCUT2D eigenvalue weighted by Crippen LogP contribution is -2.49. The van der Waals surface area contributed by atoms with Crippen LogP contribution in [0.25, 0.3) is 0 Å². The summed E-state index contributed by atoms with van der Waals surface area (Å²) in [6.45, 7) is 8.80. The highest BCUT2D eigenvalue weighted by Gasteiger charge is 2.22. The van der Waals surface area contributed by atoms with Crippen molar-refractivity contribution in [3.05, 3.63) is 30.1 Å². The van der Waals surface area contributed by atoms with Gasteiger partial charge in [-0.1, -0.05) is 26.0 Å². The average Bonchev–Trinajstić information content (AvgIpc) is 2.55. The molecule has 0 aliphatic carbocycles. The number of para-hydroxylation sites is 1. The summed E-state index contributed by atoms with van der Waals surface area (Å²) in [6, 6.07) is 6.82. The first-order valence-corrected chi connectivity index (χ1v) is 8.56. The fourth-order valence-corrected chi connectivity index (χ4v) is 2.77. The van der Waals surface area contributed by atoms with Crippen LogP contribution in [0.5, 0.6) is 0 Å². The number of carbonyl (C=O) groups excluding carboxylic acids is 1. The molecule has 1 N–H and O–H groups in total. The van der Waals surface area contributed by atoms with Gasteiger partial charge < -0.3 is 15.1 Å². The number of carbonyl (C=O) groups is 1. The number of halogens is 1. The Morgan fingerprint density at radius 3 is 2.52 bits per heavy atom. The summed E-state index contributed by atoms with van der Waals surface area (Å²) >= 11 is 0. The Hall–Kier alpha value is -1.62. The smallest absolute Gasteiger partial charge is 0.223 e. The number of rotatable bonds is 7. The zero-order valence-electron chi connectivity index (χ0n) is 14.2. The van der Waals surface area contributed by atoms with E-state index in [0.29, 0.717) is 44.2 Å². The third-order valence-corrected chi connectivity index (χ3v) is 4.24. The number of nitrogens with one attached hydrogen (secondary N) is 1. The van der Waals surface area contributed by atoms with Crippen LogP contribution < -0.4 is 10.2 Å². The molecule has 1 amide bonds. The first-order chi connectivity index (χ1) is 11.1. The summed E-state index contributed by atoms with van der Waals surface area (Å²) in [7, 11) is 0. The molecule has 1 aliphatic rings. The molecule has 0 atom stereocenters. The topological polar surface area (TPSA) is 35.6 Å². The number of amides is 1. The molecule has 0 spiro atoms. The van der Waals surface area contributed by atoms with E-state index in [1.807, 2.05) is 15.9 Å². The SMILES string of the molecule is CC(C)CCNCCC(=O)N1CCN(c2ccccc2F)CC1. The Kier molecular flexibility index (Phi) is 6.84. The highest BCUT2D eigenvalue weighted by atomic mass is 19.1. The van der Waals surface area contributed by atoms with Crippen molar-refractivity contribution in [2.24, 2.45) is 5.92 Å². The zero-order valence-corrected chi connectivity index (χ0v) is 14.2. The van der Waals surface area contributed by atoms with Crippen LogP contribution in [-0.2, 0) is 4.79 Å². The van der Waals surface area contributed by atoms with Crippen molar-refractivity contribution in [1.82, 2.24) is 10.2 Å². The van der Waals surface area contributed by atoms with Crippen LogP contribution in [0.15, 0.2) is 24.3 Å². The van der Waals surface area contributed by atoms with E-state index in [9.17, 15) is 9.18 Å². The van der Waals surface area contributed by atoms with Gasteiger partial charge in [0.2, 0.25) is 5.91 Å². The molecule has 128 valence electrons. The first kappa shape index (κ1) is 17.7. The minimum atomic E-state index is -0.193. The van der Waals surface area contributed by atoms with Gasteiger partial charge in [0.05, 0.1) is 5.69 Å².